The Bertz CT molecular complexity index is 1010. The van der Waals surface area contributed by atoms with Crippen LogP contribution in [0.2, 0.25) is 0 Å². The van der Waals surface area contributed by atoms with Crippen LogP contribution >= 0.6 is 15.9 Å². The van der Waals surface area contributed by atoms with Crippen LogP contribution in [0.3, 0.4) is 0 Å². The summed E-state index contributed by atoms with van der Waals surface area (Å²) < 4.78 is 6.79. The Labute approximate surface area is 189 Å². The van der Waals surface area contributed by atoms with Crippen LogP contribution in [0, 0.1) is 5.92 Å². The second-order valence-corrected chi connectivity index (χ2v) is 9.74. The zero-order chi connectivity index (χ0) is 21.6. The highest BCUT2D eigenvalue weighted by Gasteiger charge is 2.55. The quantitative estimate of drug-likeness (QED) is 0.620. The van der Waals surface area contributed by atoms with Crippen molar-refractivity contribution < 1.29 is 14.0 Å². The van der Waals surface area contributed by atoms with Gasteiger partial charge in [-0.15, -0.1) is 10.2 Å². The molecule has 1 N–H and O–H groups in total. The fourth-order valence-corrected chi connectivity index (χ4v) is 5.23. The number of halogens is 1. The van der Waals surface area contributed by atoms with Gasteiger partial charge in [-0.3, -0.25) is 9.69 Å². The second kappa shape index (κ2) is 8.02. The molecule has 31 heavy (non-hydrogen) atoms. The summed E-state index contributed by atoms with van der Waals surface area (Å²) in [6.45, 7) is 2.72. The van der Waals surface area contributed by atoms with E-state index in [0.29, 0.717) is 24.4 Å². The van der Waals surface area contributed by atoms with Crippen LogP contribution in [0.1, 0.15) is 51.3 Å². The maximum absolute atomic E-state index is 13.3. The van der Waals surface area contributed by atoms with Gasteiger partial charge in [-0.25, -0.2) is 9.69 Å². The van der Waals surface area contributed by atoms with Crippen LogP contribution in [0.4, 0.5) is 4.79 Å². The van der Waals surface area contributed by atoms with E-state index in [-0.39, 0.29) is 24.5 Å². The number of nitrogens with zero attached hydrogens (tertiary/aromatic N) is 4. The van der Waals surface area contributed by atoms with Gasteiger partial charge in [0.2, 0.25) is 11.8 Å². The number of amides is 3. The van der Waals surface area contributed by atoms with E-state index in [1.807, 2.05) is 24.3 Å². The van der Waals surface area contributed by atoms with Gasteiger partial charge in [-0.1, -0.05) is 31.9 Å². The Kier molecular flexibility index (Phi) is 5.34. The van der Waals surface area contributed by atoms with Crippen molar-refractivity contribution in [1.82, 2.24) is 25.3 Å². The Morgan fingerprint density at radius 2 is 2.03 bits per heavy atom. The number of benzene rings is 1. The highest BCUT2D eigenvalue weighted by atomic mass is 79.9. The molecule has 5 rings (SSSR count). The van der Waals surface area contributed by atoms with Gasteiger partial charge in [0.25, 0.3) is 5.91 Å². The summed E-state index contributed by atoms with van der Waals surface area (Å²) in [5, 5.41) is 11.4. The number of rotatable bonds is 6. The summed E-state index contributed by atoms with van der Waals surface area (Å²) >= 11 is 3.51. The van der Waals surface area contributed by atoms with Crippen LogP contribution in [0.15, 0.2) is 33.2 Å². The number of hydrogen-bond donors (Lipinski definition) is 1. The van der Waals surface area contributed by atoms with Crippen molar-refractivity contribution >= 4 is 27.9 Å². The average Bonchev–Trinajstić information content (AvgIpc) is 3.46. The smallest absolute Gasteiger partial charge is 0.326 e. The van der Waals surface area contributed by atoms with Crippen LogP contribution < -0.4 is 5.32 Å². The molecule has 3 fully saturated rings. The fraction of sp³-hybridized carbons (Fsp3) is 0.545. The van der Waals surface area contributed by atoms with Crippen LogP contribution in [0.25, 0.3) is 11.5 Å². The molecule has 1 aromatic heterocycles. The standard InChI is InChI=1S/C22H26BrN5O3/c1-14-6-4-5-11-22(14)20(29)28(21(30)24-22)13-27(15-9-10-15)12-18-25-26-19(31-18)16-7-2-3-8-17(16)23/h2-3,7-8,14-15H,4-6,9-13H2,1H3,(H,24,30)/t14-,22-/m0/s1. The zero-order valence-electron chi connectivity index (χ0n) is 17.5. The van der Waals surface area contributed by atoms with Crippen molar-refractivity contribution in [3.8, 4) is 11.5 Å². The van der Waals surface area contributed by atoms with Gasteiger partial charge in [-0.05, 0) is 59.7 Å². The van der Waals surface area contributed by atoms with E-state index in [4.69, 9.17) is 4.42 Å². The lowest BCUT2D eigenvalue weighted by atomic mass is 9.73. The number of carbonyl (C=O) groups excluding carboxylic acids is 2. The van der Waals surface area contributed by atoms with E-state index in [2.05, 4.69) is 43.3 Å². The molecule has 1 aromatic carbocycles. The Morgan fingerprint density at radius 3 is 2.77 bits per heavy atom. The van der Waals surface area contributed by atoms with Crippen LogP contribution in [0.5, 0.6) is 0 Å². The molecule has 2 atom stereocenters. The Balaban J connectivity index is 1.32. The van der Waals surface area contributed by atoms with Crippen molar-refractivity contribution in [2.24, 2.45) is 5.92 Å². The molecular weight excluding hydrogens is 462 g/mol. The lowest BCUT2D eigenvalue weighted by Gasteiger charge is -2.37. The summed E-state index contributed by atoms with van der Waals surface area (Å²) in [7, 11) is 0. The molecule has 1 aliphatic heterocycles. The van der Waals surface area contributed by atoms with Gasteiger partial charge in [0.05, 0.1) is 18.8 Å². The summed E-state index contributed by atoms with van der Waals surface area (Å²) in [5.41, 5.74) is 0.100. The van der Waals surface area contributed by atoms with Crippen molar-refractivity contribution in [2.75, 3.05) is 6.67 Å². The highest BCUT2D eigenvalue weighted by Crippen LogP contribution is 2.39. The molecule has 3 amide bonds. The first-order valence-electron chi connectivity index (χ1n) is 10.9. The number of urea groups is 1. The molecule has 2 saturated carbocycles. The van der Waals surface area contributed by atoms with Gasteiger partial charge >= 0.3 is 6.03 Å². The molecule has 0 bridgehead atoms. The molecule has 1 spiro atoms. The molecule has 2 aromatic rings. The van der Waals surface area contributed by atoms with E-state index in [1.165, 1.54) is 4.90 Å². The third-order valence-corrected chi connectivity index (χ3v) is 7.49. The van der Waals surface area contributed by atoms with Crippen LogP contribution in [-0.2, 0) is 11.3 Å². The maximum atomic E-state index is 13.3. The zero-order valence-corrected chi connectivity index (χ0v) is 19.1. The molecule has 164 valence electrons. The minimum absolute atomic E-state index is 0.0882. The first kappa shape index (κ1) is 20.6. The topological polar surface area (TPSA) is 91.6 Å². The predicted molar refractivity (Wildman–Crippen MR) is 117 cm³/mol. The second-order valence-electron chi connectivity index (χ2n) is 8.88. The largest absolute Gasteiger partial charge is 0.419 e. The molecule has 3 aliphatic rings. The third kappa shape index (κ3) is 3.78. The fourth-order valence-electron chi connectivity index (χ4n) is 4.77. The van der Waals surface area contributed by atoms with Gasteiger partial charge in [-0.2, -0.15) is 0 Å². The first-order valence-corrected chi connectivity index (χ1v) is 11.7. The van der Waals surface area contributed by atoms with Crippen molar-refractivity contribution in [3.63, 3.8) is 0 Å². The monoisotopic (exact) mass is 487 g/mol. The molecule has 9 heteroatoms. The summed E-state index contributed by atoms with van der Waals surface area (Å²) in [6.07, 6.45) is 5.84. The van der Waals surface area contributed by atoms with Gasteiger partial charge in [0.1, 0.15) is 5.54 Å². The third-order valence-electron chi connectivity index (χ3n) is 6.80. The van der Waals surface area contributed by atoms with Gasteiger partial charge in [0.15, 0.2) is 0 Å². The molecular formula is C22H26BrN5O3. The molecule has 2 heterocycles. The minimum Gasteiger partial charge on any atom is -0.419 e. The number of nitrogens with one attached hydrogen (secondary N) is 1. The van der Waals surface area contributed by atoms with E-state index < -0.39 is 5.54 Å². The van der Waals surface area contributed by atoms with E-state index >= 15 is 0 Å². The molecule has 0 unspecified atom stereocenters. The Hall–Kier alpha value is -2.26. The highest BCUT2D eigenvalue weighted by molar-refractivity contribution is 9.10. The number of aromatic nitrogens is 2. The Morgan fingerprint density at radius 1 is 1.23 bits per heavy atom. The van der Waals surface area contributed by atoms with Gasteiger partial charge < -0.3 is 9.73 Å². The number of hydrogen-bond acceptors (Lipinski definition) is 6. The summed E-state index contributed by atoms with van der Waals surface area (Å²) in [6, 6.07) is 7.72. The average molecular weight is 488 g/mol. The summed E-state index contributed by atoms with van der Waals surface area (Å²) in [5.74, 6) is 0.989. The van der Waals surface area contributed by atoms with Crippen LogP contribution in [-0.4, -0.2) is 50.2 Å². The molecule has 8 nitrogen and oxygen atoms in total. The lowest BCUT2D eigenvalue weighted by Crippen LogP contribution is -2.54. The van der Waals surface area contributed by atoms with E-state index in [1.54, 1.807) is 0 Å². The molecule has 0 radical (unpaired) electrons. The van der Waals surface area contributed by atoms with E-state index in [9.17, 15) is 9.59 Å². The molecule has 1 saturated heterocycles. The maximum Gasteiger partial charge on any atom is 0.326 e. The normalized spacial score (nSPS) is 26.2. The van der Waals surface area contributed by atoms with Gasteiger partial charge in [0, 0.05) is 10.5 Å². The SMILES string of the molecule is C[C@H]1CCCC[C@]12NC(=O)N(CN(Cc1nnc(-c3ccccc3Br)o1)C1CC1)C2=O. The summed E-state index contributed by atoms with van der Waals surface area (Å²) in [4.78, 5) is 29.6. The number of carbonyl (C=O) groups is 2. The van der Waals surface area contributed by atoms with E-state index in [0.717, 1.165) is 48.6 Å². The molecule has 2 aliphatic carbocycles. The predicted octanol–water partition coefficient (Wildman–Crippen LogP) is 3.92. The first-order chi connectivity index (χ1) is 15.0. The minimum atomic E-state index is -0.734. The van der Waals surface area contributed by atoms with Crippen molar-refractivity contribution in [1.29, 1.82) is 0 Å². The lowest BCUT2D eigenvalue weighted by molar-refractivity contribution is -0.135. The van der Waals surface area contributed by atoms with Crippen molar-refractivity contribution in [2.45, 2.75) is 63.6 Å². The number of imide groups is 1. The van der Waals surface area contributed by atoms with Crippen molar-refractivity contribution in [3.05, 3.63) is 34.6 Å².